The van der Waals surface area contributed by atoms with Crippen molar-refractivity contribution in [1.82, 2.24) is 0 Å². The van der Waals surface area contributed by atoms with Crippen molar-refractivity contribution < 1.29 is 55.3 Å². The highest BCUT2D eigenvalue weighted by atomic mass is 35.5. The molecular weight excluding hydrogens is 444 g/mol. The molecule has 1 aliphatic rings. The SMILES string of the molecule is CC(C)OC(=O)/C=C/C(=O)OCC(CC1CCOCC1)OC(=O)/C=C/C(=O)OC(C)C.[Cl-]. The van der Waals surface area contributed by atoms with E-state index in [1.165, 1.54) is 0 Å². The number of hydrogen-bond acceptors (Lipinski definition) is 9. The Bertz CT molecular complexity index is 664. The zero-order valence-corrected chi connectivity index (χ0v) is 19.7. The van der Waals surface area contributed by atoms with Gasteiger partial charge in [-0.25, -0.2) is 19.2 Å². The first kappa shape index (κ1) is 29.6. The van der Waals surface area contributed by atoms with Gasteiger partial charge in [0.1, 0.15) is 12.7 Å². The summed E-state index contributed by atoms with van der Waals surface area (Å²) in [6, 6.07) is 0. The molecule has 0 aliphatic carbocycles. The lowest BCUT2D eigenvalue weighted by Crippen LogP contribution is -3.00. The fourth-order valence-electron chi connectivity index (χ4n) is 2.75. The highest BCUT2D eigenvalue weighted by Crippen LogP contribution is 2.22. The molecule has 0 spiro atoms. The minimum absolute atomic E-state index is 0. The van der Waals surface area contributed by atoms with E-state index in [-0.39, 0.29) is 37.1 Å². The quantitative estimate of drug-likeness (QED) is 0.217. The number of hydrogen-bond donors (Lipinski definition) is 0. The van der Waals surface area contributed by atoms with Crippen LogP contribution in [0.15, 0.2) is 24.3 Å². The molecule has 0 aromatic carbocycles. The summed E-state index contributed by atoms with van der Waals surface area (Å²) in [6.45, 7) is 7.82. The molecular formula is C22H32ClO9-. The smallest absolute Gasteiger partial charge is 0.331 e. The van der Waals surface area contributed by atoms with Gasteiger partial charge in [0.25, 0.3) is 0 Å². The Balaban J connectivity index is 0.00000961. The summed E-state index contributed by atoms with van der Waals surface area (Å²) in [6.07, 6.45) is 4.67. The van der Waals surface area contributed by atoms with Gasteiger partial charge < -0.3 is 36.1 Å². The summed E-state index contributed by atoms with van der Waals surface area (Å²) in [5.74, 6) is -2.57. The highest BCUT2D eigenvalue weighted by molar-refractivity contribution is 5.92. The van der Waals surface area contributed by atoms with Gasteiger partial charge in [0.15, 0.2) is 0 Å². The molecule has 1 aliphatic heterocycles. The van der Waals surface area contributed by atoms with E-state index < -0.39 is 30.0 Å². The van der Waals surface area contributed by atoms with Gasteiger partial charge >= 0.3 is 23.9 Å². The Hall–Kier alpha value is -2.39. The van der Waals surface area contributed by atoms with E-state index in [0.717, 1.165) is 37.1 Å². The molecule has 1 heterocycles. The second-order valence-electron chi connectivity index (χ2n) is 7.62. The van der Waals surface area contributed by atoms with E-state index >= 15 is 0 Å². The van der Waals surface area contributed by atoms with Gasteiger partial charge in [-0.15, -0.1) is 0 Å². The van der Waals surface area contributed by atoms with Crippen molar-refractivity contribution in [2.75, 3.05) is 19.8 Å². The number of ether oxygens (including phenoxy) is 5. The lowest BCUT2D eigenvalue weighted by Gasteiger charge is -2.26. The van der Waals surface area contributed by atoms with Crippen molar-refractivity contribution in [3.05, 3.63) is 24.3 Å². The average molecular weight is 476 g/mol. The number of rotatable bonds is 11. The lowest BCUT2D eigenvalue weighted by atomic mass is 9.94. The van der Waals surface area contributed by atoms with E-state index in [2.05, 4.69) is 0 Å². The third kappa shape index (κ3) is 14.6. The molecule has 10 heteroatoms. The Kier molecular flexibility index (Phi) is 15.1. The summed E-state index contributed by atoms with van der Waals surface area (Å²) in [7, 11) is 0. The Morgan fingerprint density at radius 3 is 1.69 bits per heavy atom. The molecule has 1 fully saturated rings. The summed E-state index contributed by atoms with van der Waals surface area (Å²) in [4.78, 5) is 47.0. The van der Waals surface area contributed by atoms with Crippen molar-refractivity contribution in [3.63, 3.8) is 0 Å². The van der Waals surface area contributed by atoms with Gasteiger partial charge in [0, 0.05) is 37.5 Å². The van der Waals surface area contributed by atoms with Gasteiger partial charge in [-0.05, 0) is 52.9 Å². The second-order valence-corrected chi connectivity index (χ2v) is 7.62. The minimum Gasteiger partial charge on any atom is -1.00 e. The molecule has 0 saturated carbocycles. The van der Waals surface area contributed by atoms with Crippen molar-refractivity contribution in [1.29, 1.82) is 0 Å². The van der Waals surface area contributed by atoms with E-state index in [4.69, 9.17) is 23.7 Å². The zero-order chi connectivity index (χ0) is 23.2. The molecule has 0 radical (unpaired) electrons. The summed E-state index contributed by atoms with van der Waals surface area (Å²) in [5.41, 5.74) is 0. The first-order valence-electron chi connectivity index (χ1n) is 10.4. The first-order valence-corrected chi connectivity index (χ1v) is 10.4. The Morgan fingerprint density at radius 2 is 1.22 bits per heavy atom. The standard InChI is InChI=1S/C22H32O9.ClH/c1-15(2)29-20(24)6-5-19(23)28-14-18(13-17-9-11-27-12-10-17)31-22(26)8-7-21(25)30-16(3)4;/h5-8,15-18H,9-14H2,1-4H3;1H/p-1/b6-5+,8-7+;. The van der Waals surface area contributed by atoms with Crippen LogP contribution < -0.4 is 12.4 Å². The maximum absolute atomic E-state index is 12.1. The summed E-state index contributed by atoms with van der Waals surface area (Å²) >= 11 is 0. The fourth-order valence-corrected chi connectivity index (χ4v) is 2.75. The van der Waals surface area contributed by atoms with Crippen molar-refractivity contribution >= 4 is 23.9 Å². The van der Waals surface area contributed by atoms with E-state index in [1.54, 1.807) is 27.7 Å². The predicted octanol–water partition coefficient (Wildman–Crippen LogP) is -0.722. The third-order valence-electron chi connectivity index (χ3n) is 4.05. The van der Waals surface area contributed by atoms with Gasteiger partial charge in [-0.3, -0.25) is 0 Å². The van der Waals surface area contributed by atoms with Crippen LogP contribution in [0.4, 0.5) is 0 Å². The molecule has 0 bridgehead atoms. The number of carbonyl (C=O) groups is 4. The van der Waals surface area contributed by atoms with Crippen molar-refractivity contribution in [2.24, 2.45) is 5.92 Å². The predicted molar refractivity (Wildman–Crippen MR) is 110 cm³/mol. The van der Waals surface area contributed by atoms with E-state index in [9.17, 15) is 19.2 Å². The summed E-state index contributed by atoms with van der Waals surface area (Å²) in [5, 5.41) is 0. The monoisotopic (exact) mass is 475 g/mol. The van der Waals surface area contributed by atoms with Gasteiger partial charge in [0.05, 0.1) is 12.2 Å². The topological polar surface area (TPSA) is 114 Å². The zero-order valence-electron chi connectivity index (χ0n) is 18.9. The van der Waals surface area contributed by atoms with Crippen LogP contribution in [-0.2, 0) is 42.9 Å². The van der Waals surface area contributed by atoms with Gasteiger partial charge in [-0.2, -0.15) is 0 Å². The highest BCUT2D eigenvalue weighted by Gasteiger charge is 2.23. The molecule has 0 aromatic heterocycles. The van der Waals surface area contributed by atoms with Crippen LogP contribution in [0.25, 0.3) is 0 Å². The fraction of sp³-hybridized carbons (Fsp3) is 0.636. The first-order chi connectivity index (χ1) is 14.7. The average Bonchev–Trinajstić information content (AvgIpc) is 2.68. The number of halogens is 1. The van der Waals surface area contributed by atoms with Crippen LogP contribution in [0, 0.1) is 5.92 Å². The molecule has 0 amide bonds. The Morgan fingerprint density at radius 1 is 0.781 bits per heavy atom. The van der Waals surface area contributed by atoms with Crippen LogP contribution >= 0.6 is 0 Å². The lowest BCUT2D eigenvalue weighted by molar-refractivity contribution is -0.154. The number of esters is 4. The van der Waals surface area contributed by atoms with Crippen LogP contribution in [0.2, 0.25) is 0 Å². The van der Waals surface area contributed by atoms with Crippen molar-refractivity contribution in [3.8, 4) is 0 Å². The summed E-state index contributed by atoms with van der Waals surface area (Å²) < 4.78 is 25.6. The molecule has 32 heavy (non-hydrogen) atoms. The van der Waals surface area contributed by atoms with Crippen LogP contribution in [0.3, 0.4) is 0 Å². The molecule has 9 nitrogen and oxygen atoms in total. The van der Waals surface area contributed by atoms with E-state index in [0.29, 0.717) is 19.6 Å². The molecule has 0 N–H and O–H groups in total. The normalized spacial score (nSPS) is 15.4. The third-order valence-corrected chi connectivity index (χ3v) is 4.05. The second kappa shape index (κ2) is 16.3. The number of carbonyl (C=O) groups excluding carboxylic acids is 4. The van der Waals surface area contributed by atoms with Crippen molar-refractivity contribution in [2.45, 2.75) is 65.3 Å². The largest absolute Gasteiger partial charge is 1.00 e. The Labute approximate surface area is 194 Å². The van der Waals surface area contributed by atoms with Gasteiger partial charge in [0.2, 0.25) is 0 Å². The minimum atomic E-state index is -0.759. The molecule has 1 rings (SSSR count). The maximum Gasteiger partial charge on any atom is 0.331 e. The van der Waals surface area contributed by atoms with Gasteiger partial charge in [-0.1, -0.05) is 0 Å². The van der Waals surface area contributed by atoms with E-state index in [1.807, 2.05) is 0 Å². The molecule has 182 valence electrons. The molecule has 1 unspecified atom stereocenters. The molecule has 1 saturated heterocycles. The van der Waals surface area contributed by atoms with Crippen LogP contribution in [0.5, 0.6) is 0 Å². The molecule has 1 atom stereocenters. The van der Waals surface area contributed by atoms with Crippen LogP contribution in [0.1, 0.15) is 47.0 Å². The maximum atomic E-state index is 12.1. The van der Waals surface area contributed by atoms with Crippen LogP contribution in [-0.4, -0.2) is 62.0 Å². The molecule has 0 aromatic rings.